The van der Waals surface area contributed by atoms with Crippen molar-refractivity contribution in [3.05, 3.63) is 41.3 Å². The number of fused-ring (bicyclic) bond motifs is 1. The smallest absolute Gasteiger partial charge is 0.360 e. The standard InChI is InChI=1S/C17H19N5O3/c1-9-14(10(2)22(4)21-9)18-16(23)11(3)25-17(24)15-12-7-5-6-8-13(12)19-20-15/h5-8,11H,1-4H3,(H,18,23)(H,19,20)/t11-/m1/s1. The second kappa shape index (κ2) is 6.39. The zero-order valence-corrected chi connectivity index (χ0v) is 14.5. The summed E-state index contributed by atoms with van der Waals surface area (Å²) in [6.07, 6.45) is -0.970. The number of nitrogens with one attached hydrogen (secondary N) is 2. The van der Waals surface area contributed by atoms with Crippen molar-refractivity contribution in [2.24, 2.45) is 7.05 Å². The molecule has 1 atom stereocenters. The molecule has 0 saturated heterocycles. The van der Waals surface area contributed by atoms with Crippen LogP contribution < -0.4 is 5.32 Å². The third-order valence-corrected chi connectivity index (χ3v) is 4.07. The molecular weight excluding hydrogens is 322 g/mol. The van der Waals surface area contributed by atoms with Crippen LogP contribution in [0.3, 0.4) is 0 Å². The average Bonchev–Trinajstić information content (AvgIpc) is 3.11. The van der Waals surface area contributed by atoms with Gasteiger partial charge in [0.15, 0.2) is 11.8 Å². The second-order valence-corrected chi connectivity index (χ2v) is 5.82. The highest BCUT2D eigenvalue weighted by Gasteiger charge is 2.23. The van der Waals surface area contributed by atoms with Gasteiger partial charge in [-0.2, -0.15) is 10.2 Å². The predicted molar refractivity (Wildman–Crippen MR) is 92.3 cm³/mol. The number of esters is 1. The number of carbonyl (C=O) groups excluding carboxylic acids is 2. The number of para-hydroxylation sites is 1. The molecule has 25 heavy (non-hydrogen) atoms. The van der Waals surface area contributed by atoms with Gasteiger partial charge in [0.2, 0.25) is 0 Å². The van der Waals surface area contributed by atoms with E-state index in [1.54, 1.807) is 30.8 Å². The lowest BCUT2D eigenvalue weighted by molar-refractivity contribution is -0.123. The van der Waals surface area contributed by atoms with Gasteiger partial charge in [0.25, 0.3) is 5.91 Å². The fourth-order valence-corrected chi connectivity index (χ4v) is 2.57. The van der Waals surface area contributed by atoms with E-state index in [4.69, 9.17) is 4.74 Å². The van der Waals surface area contributed by atoms with Crippen molar-refractivity contribution in [3.8, 4) is 0 Å². The number of aryl methyl sites for hydroxylation is 2. The number of amides is 1. The first-order chi connectivity index (χ1) is 11.9. The number of anilines is 1. The minimum absolute atomic E-state index is 0.156. The summed E-state index contributed by atoms with van der Waals surface area (Å²) >= 11 is 0. The summed E-state index contributed by atoms with van der Waals surface area (Å²) in [6, 6.07) is 7.22. The summed E-state index contributed by atoms with van der Waals surface area (Å²) in [7, 11) is 1.80. The van der Waals surface area contributed by atoms with E-state index in [9.17, 15) is 9.59 Å². The lowest BCUT2D eigenvalue weighted by Crippen LogP contribution is -2.30. The number of hydrogen-bond acceptors (Lipinski definition) is 5. The van der Waals surface area contributed by atoms with Crippen LogP contribution in [-0.2, 0) is 16.6 Å². The van der Waals surface area contributed by atoms with Crippen molar-refractivity contribution in [1.29, 1.82) is 0 Å². The third-order valence-electron chi connectivity index (χ3n) is 4.07. The molecule has 8 heteroatoms. The highest BCUT2D eigenvalue weighted by molar-refractivity contribution is 6.03. The second-order valence-electron chi connectivity index (χ2n) is 5.82. The quantitative estimate of drug-likeness (QED) is 0.708. The van der Waals surface area contributed by atoms with Gasteiger partial charge in [-0.15, -0.1) is 0 Å². The van der Waals surface area contributed by atoms with Crippen LogP contribution in [0.15, 0.2) is 24.3 Å². The Hall–Kier alpha value is -3.16. The van der Waals surface area contributed by atoms with E-state index in [1.165, 1.54) is 6.92 Å². The Labute approximate surface area is 144 Å². The Kier molecular flexibility index (Phi) is 4.26. The van der Waals surface area contributed by atoms with E-state index >= 15 is 0 Å². The van der Waals surface area contributed by atoms with Crippen molar-refractivity contribution < 1.29 is 14.3 Å². The van der Waals surface area contributed by atoms with Crippen LogP contribution in [0.5, 0.6) is 0 Å². The average molecular weight is 341 g/mol. The molecule has 0 aliphatic heterocycles. The van der Waals surface area contributed by atoms with Crippen molar-refractivity contribution in [1.82, 2.24) is 20.0 Å². The number of benzene rings is 1. The highest BCUT2D eigenvalue weighted by Crippen LogP contribution is 2.20. The van der Waals surface area contributed by atoms with E-state index in [0.29, 0.717) is 16.8 Å². The molecule has 0 radical (unpaired) electrons. The highest BCUT2D eigenvalue weighted by atomic mass is 16.5. The summed E-state index contributed by atoms with van der Waals surface area (Å²) in [5, 5.41) is 14.4. The monoisotopic (exact) mass is 341 g/mol. The number of H-pyrrole nitrogens is 1. The fraction of sp³-hybridized carbons (Fsp3) is 0.294. The number of nitrogens with zero attached hydrogens (tertiary/aromatic N) is 3. The number of aromatic amines is 1. The van der Waals surface area contributed by atoms with E-state index in [0.717, 1.165) is 11.2 Å². The largest absolute Gasteiger partial charge is 0.448 e. The number of aromatic nitrogens is 4. The molecule has 0 spiro atoms. The molecule has 2 aromatic heterocycles. The van der Waals surface area contributed by atoms with Crippen molar-refractivity contribution in [3.63, 3.8) is 0 Å². The minimum atomic E-state index is -0.970. The molecule has 0 saturated carbocycles. The zero-order chi connectivity index (χ0) is 18.1. The Morgan fingerprint density at radius 3 is 2.68 bits per heavy atom. The normalized spacial score (nSPS) is 12.2. The Morgan fingerprint density at radius 1 is 1.28 bits per heavy atom. The van der Waals surface area contributed by atoms with Crippen LogP contribution in [0.4, 0.5) is 5.69 Å². The molecule has 0 fully saturated rings. The van der Waals surface area contributed by atoms with E-state index < -0.39 is 18.0 Å². The lowest BCUT2D eigenvalue weighted by atomic mass is 10.2. The van der Waals surface area contributed by atoms with Crippen LogP contribution in [0, 0.1) is 13.8 Å². The summed E-state index contributed by atoms with van der Waals surface area (Å²) in [6.45, 7) is 5.17. The molecule has 0 unspecified atom stereocenters. The molecule has 0 bridgehead atoms. The molecule has 130 valence electrons. The summed E-state index contributed by atoms with van der Waals surface area (Å²) in [4.78, 5) is 24.7. The summed E-state index contributed by atoms with van der Waals surface area (Å²) < 4.78 is 6.94. The van der Waals surface area contributed by atoms with Crippen LogP contribution >= 0.6 is 0 Å². The molecule has 1 aromatic carbocycles. The van der Waals surface area contributed by atoms with Crippen LogP contribution in [0.1, 0.15) is 28.8 Å². The van der Waals surface area contributed by atoms with Crippen LogP contribution in [0.2, 0.25) is 0 Å². The third kappa shape index (κ3) is 3.10. The molecule has 0 aliphatic carbocycles. The first-order valence-electron chi connectivity index (χ1n) is 7.83. The van der Waals surface area contributed by atoms with Gasteiger partial charge in [-0.25, -0.2) is 4.79 Å². The van der Waals surface area contributed by atoms with Gasteiger partial charge in [0, 0.05) is 12.4 Å². The maximum Gasteiger partial charge on any atom is 0.360 e. The molecule has 8 nitrogen and oxygen atoms in total. The maximum atomic E-state index is 12.3. The first-order valence-corrected chi connectivity index (χ1v) is 7.83. The van der Waals surface area contributed by atoms with Crippen molar-refractivity contribution in [2.75, 3.05) is 5.32 Å². The Balaban J connectivity index is 1.72. The first kappa shape index (κ1) is 16.7. The van der Waals surface area contributed by atoms with Gasteiger partial charge in [-0.05, 0) is 26.8 Å². The molecular formula is C17H19N5O3. The zero-order valence-electron chi connectivity index (χ0n) is 14.5. The number of ether oxygens (including phenoxy) is 1. The van der Waals surface area contributed by atoms with Gasteiger partial charge in [0.05, 0.1) is 22.6 Å². The van der Waals surface area contributed by atoms with Crippen molar-refractivity contribution >= 4 is 28.5 Å². The van der Waals surface area contributed by atoms with E-state index in [2.05, 4.69) is 20.6 Å². The van der Waals surface area contributed by atoms with Gasteiger partial charge in [-0.1, -0.05) is 18.2 Å². The van der Waals surface area contributed by atoms with Gasteiger partial charge < -0.3 is 10.1 Å². The van der Waals surface area contributed by atoms with Crippen molar-refractivity contribution in [2.45, 2.75) is 26.9 Å². The summed E-state index contributed by atoms with van der Waals surface area (Å²) in [5.74, 6) is -1.08. The molecule has 2 N–H and O–H groups in total. The maximum absolute atomic E-state index is 12.3. The van der Waals surface area contributed by atoms with Gasteiger partial charge in [0.1, 0.15) is 0 Å². The topological polar surface area (TPSA) is 102 Å². The lowest BCUT2D eigenvalue weighted by Gasteiger charge is -2.13. The molecule has 0 aliphatic rings. The number of hydrogen-bond donors (Lipinski definition) is 2. The molecule has 1 amide bonds. The van der Waals surface area contributed by atoms with Gasteiger partial charge in [-0.3, -0.25) is 14.6 Å². The summed E-state index contributed by atoms with van der Waals surface area (Å²) in [5.41, 5.74) is 3.03. The number of rotatable bonds is 4. The van der Waals surface area contributed by atoms with Gasteiger partial charge >= 0.3 is 5.97 Å². The van der Waals surface area contributed by atoms with Crippen LogP contribution in [-0.4, -0.2) is 38.0 Å². The SMILES string of the molecule is Cc1nn(C)c(C)c1NC(=O)[C@@H](C)OC(=O)c1n[nH]c2ccccc12. The molecule has 3 aromatic rings. The van der Waals surface area contributed by atoms with Crippen LogP contribution in [0.25, 0.3) is 10.9 Å². The Morgan fingerprint density at radius 2 is 2.00 bits per heavy atom. The Bertz CT molecular complexity index is 957. The predicted octanol–water partition coefficient (Wildman–Crippen LogP) is 2.10. The fourth-order valence-electron chi connectivity index (χ4n) is 2.57. The molecule has 3 rings (SSSR count). The minimum Gasteiger partial charge on any atom is -0.448 e. The number of carbonyl (C=O) groups is 2. The molecule has 2 heterocycles. The van der Waals surface area contributed by atoms with E-state index in [1.807, 2.05) is 19.1 Å². The van der Waals surface area contributed by atoms with E-state index in [-0.39, 0.29) is 5.69 Å².